The van der Waals surface area contributed by atoms with E-state index in [1.165, 1.54) is 13.8 Å². The summed E-state index contributed by atoms with van der Waals surface area (Å²) >= 11 is 0. The Morgan fingerprint density at radius 2 is 1.56 bits per heavy atom. The molecule has 0 spiro atoms. The maximum absolute atomic E-state index is 11.1. The van der Waals surface area contributed by atoms with Gasteiger partial charge in [-0.3, -0.25) is 14.6 Å². The Morgan fingerprint density at radius 1 is 0.882 bits per heavy atom. The molecule has 0 aliphatic heterocycles. The van der Waals surface area contributed by atoms with Gasteiger partial charge in [0.05, 0.1) is 30.2 Å². The zero-order valence-electron chi connectivity index (χ0n) is 19.6. The van der Waals surface area contributed by atoms with Gasteiger partial charge in [-0.2, -0.15) is 10.2 Å². The molecule has 2 aromatic carbocycles. The van der Waals surface area contributed by atoms with Crippen molar-refractivity contribution < 1.29 is 19.1 Å². The number of nitrogens with zero attached hydrogens (tertiary/aromatic N) is 4. The summed E-state index contributed by atoms with van der Waals surface area (Å²) in [5.41, 5.74) is 5.27. The summed E-state index contributed by atoms with van der Waals surface area (Å²) in [7, 11) is 0. The molecule has 8 nitrogen and oxygen atoms in total. The number of anilines is 1. The molecule has 0 unspecified atom stereocenters. The fraction of sp³-hybridized carbons (Fsp3) is 0.269. The summed E-state index contributed by atoms with van der Waals surface area (Å²) in [5, 5.41) is 8.76. The van der Waals surface area contributed by atoms with Crippen LogP contribution >= 0.6 is 0 Å². The number of carbonyl (C=O) groups excluding carboxylic acids is 2. The van der Waals surface area contributed by atoms with Gasteiger partial charge >= 0.3 is 11.9 Å². The minimum atomic E-state index is -0.333. The van der Waals surface area contributed by atoms with Crippen molar-refractivity contribution >= 4 is 29.0 Å². The van der Waals surface area contributed by atoms with Crippen molar-refractivity contribution in [2.24, 2.45) is 10.2 Å². The van der Waals surface area contributed by atoms with E-state index >= 15 is 0 Å². The Labute approximate surface area is 199 Å². The first-order valence-electron chi connectivity index (χ1n) is 11.0. The third kappa shape index (κ3) is 7.51. The van der Waals surface area contributed by atoms with Gasteiger partial charge < -0.3 is 14.4 Å². The highest BCUT2D eigenvalue weighted by molar-refractivity contribution is 5.66. The zero-order valence-corrected chi connectivity index (χ0v) is 19.6. The molecule has 0 aliphatic carbocycles. The maximum Gasteiger partial charge on any atom is 0.302 e. The van der Waals surface area contributed by atoms with Gasteiger partial charge in [0.1, 0.15) is 13.2 Å². The second kappa shape index (κ2) is 12.2. The summed E-state index contributed by atoms with van der Waals surface area (Å²) in [5.74, 6) is -0.667. The van der Waals surface area contributed by atoms with Crippen LogP contribution in [0.1, 0.15) is 19.4 Å². The number of azo groups is 1. The quantitative estimate of drug-likeness (QED) is 0.297. The Balaban J connectivity index is 1.69. The second-order valence-corrected chi connectivity index (χ2v) is 7.60. The largest absolute Gasteiger partial charge is 0.464 e. The molecule has 8 heteroatoms. The molecule has 0 radical (unpaired) electrons. The van der Waals surface area contributed by atoms with Gasteiger partial charge in [0.15, 0.2) is 0 Å². The third-order valence-corrected chi connectivity index (χ3v) is 4.98. The highest BCUT2D eigenvalue weighted by Crippen LogP contribution is 2.27. The molecule has 3 aromatic rings. The second-order valence-electron chi connectivity index (χ2n) is 7.60. The van der Waals surface area contributed by atoms with E-state index in [-0.39, 0.29) is 25.2 Å². The van der Waals surface area contributed by atoms with Crippen molar-refractivity contribution in [3.05, 3.63) is 72.4 Å². The molecule has 176 valence electrons. The van der Waals surface area contributed by atoms with E-state index in [1.54, 1.807) is 6.20 Å². The van der Waals surface area contributed by atoms with E-state index in [4.69, 9.17) is 9.47 Å². The lowest BCUT2D eigenvalue weighted by atomic mass is 10.1. The summed E-state index contributed by atoms with van der Waals surface area (Å²) in [6.07, 6.45) is 1.77. The standard InChI is InChI=1S/C26H28N4O4/c1-19-18-24(30(14-16-33-20(2)31)15-17-34-21(3)32)11-12-25(19)29-28-23-9-7-22(8-10-23)26-6-4-5-13-27-26/h4-13,18H,14-17H2,1-3H3. The van der Waals surface area contributed by atoms with Crippen LogP contribution in [-0.2, 0) is 19.1 Å². The van der Waals surface area contributed by atoms with Crippen LogP contribution in [0, 0.1) is 6.92 Å². The number of benzene rings is 2. The average molecular weight is 461 g/mol. The van der Waals surface area contributed by atoms with Crippen LogP contribution in [0.3, 0.4) is 0 Å². The van der Waals surface area contributed by atoms with Crippen LogP contribution in [0.25, 0.3) is 11.3 Å². The lowest BCUT2D eigenvalue weighted by molar-refractivity contribution is -0.141. The van der Waals surface area contributed by atoms with Crippen LogP contribution in [0.4, 0.5) is 17.1 Å². The lowest BCUT2D eigenvalue weighted by Crippen LogP contribution is -2.31. The van der Waals surface area contributed by atoms with Crippen LogP contribution in [0.2, 0.25) is 0 Å². The molecule has 3 rings (SSSR count). The zero-order chi connectivity index (χ0) is 24.3. The van der Waals surface area contributed by atoms with Gasteiger partial charge in [0.25, 0.3) is 0 Å². The predicted molar refractivity (Wildman–Crippen MR) is 131 cm³/mol. The molecule has 0 N–H and O–H groups in total. The molecule has 1 heterocycles. The molecule has 0 atom stereocenters. The Kier molecular flexibility index (Phi) is 8.85. The van der Waals surface area contributed by atoms with Crippen molar-refractivity contribution in [1.82, 2.24) is 4.98 Å². The number of hydrogen-bond donors (Lipinski definition) is 0. The van der Waals surface area contributed by atoms with Crippen LogP contribution in [0.15, 0.2) is 77.1 Å². The molecule has 0 amide bonds. The minimum absolute atomic E-state index is 0.240. The Hall–Kier alpha value is -4.07. The Bertz CT molecular complexity index is 1110. The molecular weight excluding hydrogens is 432 g/mol. The number of hydrogen-bond acceptors (Lipinski definition) is 8. The van der Waals surface area contributed by atoms with Gasteiger partial charge in [-0.25, -0.2) is 0 Å². The Morgan fingerprint density at radius 3 is 2.12 bits per heavy atom. The van der Waals surface area contributed by atoms with Crippen molar-refractivity contribution in [2.75, 3.05) is 31.2 Å². The molecule has 0 aliphatic rings. The maximum atomic E-state index is 11.1. The fourth-order valence-electron chi connectivity index (χ4n) is 3.26. The highest BCUT2D eigenvalue weighted by Gasteiger charge is 2.10. The number of pyridine rings is 1. The highest BCUT2D eigenvalue weighted by atomic mass is 16.5. The van der Waals surface area contributed by atoms with Crippen LogP contribution < -0.4 is 4.90 Å². The summed E-state index contributed by atoms with van der Waals surface area (Å²) in [6, 6.07) is 19.4. The summed E-state index contributed by atoms with van der Waals surface area (Å²) < 4.78 is 10.1. The van der Waals surface area contributed by atoms with Gasteiger partial charge in [-0.05, 0) is 55.0 Å². The lowest BCUT2D eigenvalue weighted by Gasteiger charge is -2.25. The molecule has 0 bridgehead atoms. The van der Waals surface area contributed by atoms with E-state index in [0.29, 0.717) is 13.1 Å². The molecular formula is C26H28N4O4. The van der Waals surface area contributed by atoms with Gasteiger partial charge in [-0.15, -0.1) is 0 Å². The summed E-state index contributed by atoms with van der Waals surface area (Å²) in [6.45, 7) is 6.14. The third-order valence-electron chi connectivity index (χ3n) is 4.98. The van der Waals surface area contributed by atoms with E-state index in [1.807, 2.05) is 72.5 Å². The number of ether oxygens (including phenoxy) is 2. The van der Waals surface area contributed by atoms with E-state index in [2.05, 4.69) is 15.2 Å². The normalized spacial score (nSPS) is 10.8. The number of aromatic nitrogens is 1. The number of rotatable bonds is 10. The van der Waals surface area contributed by atoms with Gasteiger partial charge in [0.2, 0.25) is 0 Å². The van der Waals surface area contributed by atoms with Crippen LogP contribution in [0.5, 0.6) is 0 Å². The summed E-state index contributed by atoms with van der Waals surface area (Å²) in [4.78, 5) is 28.6. The molecule has 0 fully saturated rings. The number of esters is 2. The predicted octanol–water partition coefficient (Wildman–Crippen LogP) is 5.41. The fourth-order valence-corrected chi connectivity index (χ4v) is 3.26. The SMILES string of the molecule is CC(=O)OCCN(CCOC(C)=O)c1ccc(N=Nc2ccc(-c3ccccn3)cc2)c(C)c1. The van der Waals surface area contributed by atoms with Gasteiger partial charge in [0, 0.05) is 31.3 Å². The van der Waals surface area contributed by atoms with Crippen molar-refractivity contribution in [3.8, 4) is 11.3 Å². The van der Waals surface area contributed by atoms with Gasteiger partial charge in [-0.1, -0.05) is 18.2 Å². The smallest absolute Gasteiger partial charge is 0.302 e. The monoisotopic (exact) mass is 460 g/mol. The first-order chi connectivity index (χ1) is 16.4. The number of carbonyl (C=O) groups is 2. The van der Waals surface area contributed by atoms with Crippen molar-refractivity contribution in [1.29, 1.82) is 0 Å². The molecule has 34 heavy (non-hydrogen) atoms. The molecule has 1 aromatic heterocycles. The van der Waals surface area contributed by atoms with E-state index < -0.39 is 0 Å². The van der Waals surface area contributed by atoms with Crippen LogP contribution in [-0.4, -0.2) is 43.2 Å². The molecule has 0 saturated carbocycles. The first-order valence-corrected chi connectivity index (χ1v) is 11.0. The minimum Gasteiger partial charge on any atom is -0.464 e. The average Bonchev–Trinajstić information content (AvgIpc) is 2.83. The molecule has 0 saturated heterocycles. The van der Waals surface area contributed by atoms with Crippen molar-refractivity contribution in [2.45, 2.75) is 20.8 Å². The number of aryl methyl sites for hydroxylation is 1. The first kappa shape index (κ1) is 24.6. The topological polar surface area (TPSA) is 93.4 Å². The van der Waals surface area contributed by atoms with Crippen molar-refractivity contribution in [3.63, 3.8) is 0 Å². The van der Waals surface area contributed by atoms with E-state index in [9.17, 15) is 9.59 Å². The van der Waals surface area contributed by atoms with E-state index in [0.717, 1.165) is 33.9 Å².